The lowest BCUT2D eigenvalue weighted by Gasteiger charge is -2.42. The van der Waals surface area contributed by atoms with Crippen LogP contribution in [0.1, 0.15) is 49.3 Å². The molecular weight excluding hydrogens is 452 g/mol. The molecule has 1 aliphatic rings. The van der Waals surface area contributed by atoms with E-state index in [1.807, 2.05) is 12.1 Å². The second-order valence-corrected chi connectivity index (χ2v) is 9.37. The molecule has 4 heterocycles. The third-order valence-electron chi connectivity index (χ3n) is 6.98. The van der Waals surface area contributed by atoms with E-state index < -0.39 is 0 Å². The fraction of sp³-hybridized carbons (Fsp3) is 0.481. The predicted molar refractivity (Wildman–Crippen MR) is 142 cm³/mol. The van der Waals surface area contributed by atoms with E-state index >= 15 is 0 Å². The molecule has 3 aromatic heterocycles. The molecule has 3 aromatic rings. The van der Waals surface area contributed by atoms with Crippen LogP contribution in [0.5, 0.6) is 0 Å². The third-order valence-corrected chi connectivity index (χ3v) is 6.98. The lowest BCUT2D eigenvalue weighted by atomic mass is 10.1. The Hall–Kier alpha value is -3.48. The molecule has 0 aromatic carbocycles. The van der Waals surface area contributed by atoms with Gasteiger partial charge < -0.3 is 15.1 Å². The third kappa shape index (κ3) is 5.83. The first-order valence-electron chi connectivity index (χ1n) is 12.7. The average Bonchev–Trinajstić information content (AvgIpc) is 3.30. The molecule has 0 aliphatic carbocycles. The van der Waals surface area contributed by atoms with Crippen molar-refractivity contribution in [2.45, 2.75) is 39.8 Å². The lowest BCUT2D eigenvalue weighted by Crippen LogP contribution is -2.55. The van der Waals surface area contributed by atoms with Gasteiger partial charge in [-0.25, -0.2) is 9.50 Å². The molecule has 0 radical (unpaired) electrons. The summed E-state index contributed by atoms with van der Waals surface area (Å²) in [6.07, 6.45) is 4.96. The Morgan fingerprint density at radius 2 is 1.86 bits per heavy atom. The van der Waals surface area contributed by atoms with Gasteiger partial charge in [0.1, 0.15) is 11.5 Å². The fourth-order valence-electron chi connectivity index (χ4n) is 4.45. The summed E-state index contributed by atoms with van der Waals surface area (Å²) in [6.45, 7) is 13.9. The van der Waals surface area contributed by atoms with Crippen molar-refractivity contribution in [1.29, 1.82) is 0 Å². The number of likely N-dealkylation sites (N-methyl/N-ethyl adjacent to an activating group) is 2. The summed E-state index contributed by atoms with van der Waals surface area (Å²) in [4.78, 5) is 28.2. The first-order valence-corrected chi connectivity index (χ1v) is 12.7. The number of rotatable bonds is 7. The van der Waals surface area contributed by atoms with E-state index in [-0.39, 0.29) is 5.91 Å². The summed E-state index contributed by atoms with van der Waals surface area (Å²) in [6, 6.07) is 6.66. The molecule has 0 saturated carbocycles. The summed E-state index contributed by atoms with van der Waals surface area (Å²) in [5.74, 6) is 7.06. The van der Waals surface area contributed by atoms with Gasteiger partial charge in [-0.05, 0) is 58.1 Å². The predicted octanol–water partition coefficient (Wildman–Crippen LogP) is 2.12. The summed E-state index contributed by atoms with van der Waals surface area (Å²) >= 11 is 0. The summed E-state index contributed by atoms with van der Waals surface area (Å²) < 4.78 is 1.78. The van der Waals surface area contributed by atoms with Crippen LogP contribution in [0.25, 0.3) is 5.65 Å². The van der Waals surface area contributed by atoms with Crippen molar-refractivity contribution < 1.29 is 4.79 Å². The minimum Gasteiger partial charge on any atom is -0.352 e. The van der Waals surface area contributed by atoms with Crippen molar-refractivity contribution in [3.8, 4) is 11.8 Å². The maximum absolute atomic E-state index is 12.6. The molecule has 1 fully saturated rings. The Morgan fingerprint density at radius 3 is 2.58 bits per heavy atom. The van der Waals surface area contributed by atoms with Crippen LogP contribution in [-0.4, -0.2) is 93.7 Å². The highest BCUT2D eigenvalue weighted by atomic mass is 16.1. The highest BCUT2D eigenvalue weighted by Gasteiger charge is 2.27. The normalized spacial score (nSPS) is 18.3. The largest absolute Gasteiger partial charge is 0.352 e. The van der Waals surface area contributed by atoms with E-state index in [0.717, 1.165) is 44.2 Å². The Kier molecular flexibility index (Phi) is 8.18. The monoisotopic (exact) mass is 488 g/mol. The number of piperazine rings is 1. The van der Waals surface area contributed by atoms with E-state index in [2.05, 4.69) is 76.6 Å². The summed E-state index contributed by atoms with van der Waals surface area (Å²) in [5, 5.41) is 7.81. The fourth-order valence-corrected chi connectivity index (χ4v) is 4.45. The van der Waals surface area contributed by atoms with E-state index in [4.69, 9.17) is 5.10 Å². The minimum atomic E-state index is -0.143. The van der Waals surface area contributed by atoms with Crippen LogP contribution < -0.4 is 10.2 Å². The summed E-state index contributed by atoms with van der Waals surface area (Å²) in [5.41, 5.74) is 2.60. The maximum Gasteiger partial charge on any atom is 0.252 e. The highest BCUT2D eigenvalue weighted by Crippen LogP contribution is 2.20. The van der Waals surface area contributed by atoms with Gasteiger partial charge in [-0.15, -0.1) is 5.10 Å². The van der Waals surface area contributed by atoms with Gasteiger partial charge in [-0.2, -0.15) is 0 Å². The smallest absolute Gasteiger partial charge is 0.252 e. The standard InChI is InChI=1S/C27H36N8O/c1-6-33(7-2)13-12-29-27(36)23-14-22(15-28-16-23)8-9-24-17-30-25-10-11-26(31-35(24)25)34-18-20(3)32(5)21(4)19-34/h10-11,14-17,20-21H,6-7,12-13,18-19H2,1-5H3,(H,29,36)/t20-,21+. The van der Waals surface area contributed by atoms with Gasteiger partial charge in [0.2, 0.25) is 0 Å². The number of anilines is 1. The molecule has 36 heavy (non-hydrogen) atoms. The summed E-state index contributed by atoms with van der Waals surface area (Å²) in [7, 11) is 2.17. The quantitative estimate of drug-likeness (QED) is 0.510. The van der Waals surface area contributed by atoms with E-state index in [1.54, 1.807) is 29.2 Å². The average molecular weight is 489 g/mol. The van der Waals surface area contributed by atoms with Gasteiger partial charge in [0.05, 0.1) is 11.8 Å². The van der Waals surface area contributed by atoms with Crippen molar-refractivity contribution in [1.82, 2.24) is 34.7 Å². The molecule has 190 valence electrons. The number of hydrogen-bond acceptors (Lipinski definition) is 7. The molecule has 1 saturated heterocycles. The number of amides is 1. The molecule has 0 bridgehead atoms. The zero-order valence-electron chi connectivity index (χ0n) is 21.9. The number of nitrogens with zero attached hydrogens (tertiary/aromatic N) is 7. The van der Waals surface area contributed by atoms with Crippen molar-refractivity contribution >= 4 is 17.4 Å². The number of aromatic nitrogens is 4. The van der Waals surface area contributed by atoms with Crippen molar-refractivity contribution in [3.63, 3.8) is 0 Å². The Bertz CT molecular complexity index is 1240. The van der Waals surface area contributed by atoms with Crippen LogP contribution in [-0.2, 0) is 0 Å². The number of nitrogens with one attached hydrogen (secondary N) is 1. The Labute approximate surface area is 213 Å². The van der Waals surface area contributed by atoms with Crippen LogP contribution in [0.2, 0.25) is 0 Å². The minimum absolute atomic E-state index is 0.143. The number of fused-ring (bicyclic) bond motifs is 1. The van der Waals surface area contributed by atoms with Crippen LogP contribution in [0, 0.1) is 11.8 Å². The molecular formula is C27H36N8O. The molecule has 0 unspecified atom stereocenters. The second kappa shape index (κ2) is 11.5. The number of hydrogen-bond donors (Lipinski definition) is 1. The van der Waals surface area contributed by atoms with Crippen LogP contribution in [0.15, 0.2) is 36.8 Å². The lowest BCUT2D eigenvalue weighted by molar-refractivity contribution is 0.0948. The van der Waals surface area contributed by atoms with Gasteiger partial charge in [-0.1, -0.05) is 19.8 Å². The Balaban J connectivity index is 1.49. The van der Waals surface area contributed by atoms with Gasteiger partial charge in [0.25, 0.3) is 5.91 Å². The van der Waals surface area contributed by atoms with Gasteiger partial charge >= 0.3 is 0 Å². The molecule has 2 atom stereocenters. The number of carbonyl (C=O) groups excluding carboxylic acids is 1. The first-order chi connectivity index (χ1) is 17.4. The van der Waals surface area contributed by atoms with E-state index in [1.165, 1.54) is 0 Å². The molecule has 4 rings (SSSR count). The van der Waals surface area contributed by atoms with Crippen LogP contribution in [0.3, 0.4) is 0 Å². The number of pyridine rings is 1. The van der Waals surface area contributed by atoms with Crippen molar-refractivity contribution in [2.75, 3.05) is 51.2 Å². The van der Waals surface area contributed by atoms with Crippen molar-refractivity contribution in [3.05, 3.63) is 53.6 Å². The van der Waals surface area contributed by atoms with Gasteiger partial charge in [-0.3, -0.25) is 14.7 Å². The molecule has 1 amide bonds. The topological polar surface area (TPSA) is 81.9 Å². The molecule has 0 spiro atoms. The van der Waals surface area contributed by atoms with E-state index in [0.29, 0.717) is 35.4 Å². The molecule has 9 nitrogen and oxygen atoms in total. The zero-order valence-corrected chi connectivity index (χ0v) is 21.9. The second-order valence-electron chi connectivity index (χ2n) is 9.37. The maximum atomic E-state index is 12.6. The number of imidazole rings is 1. The number of carbonyl (C=O) groups is 1. The van der Waals surface area contributed by atoms with Gasteiger partial charge in [0, 0.05) is 56.2 Å². The van der Waals surface area contributed by atoms with Crippen molar-refractivity contribution in [2.24, 2.45) is 0 Å². The zero-order chi connectivity index (χ0) is 25.7. The first kappa shape index (κ1) is 25.6. The van der Waals surface area contributed by atoms with Crippen LogP contribution >= 0.6 is 0 Å². The molecule has 1 N–H and O–H groups in total. The molecule has 9 heteroatoms. The highest BCUT2D eigenvalue weighted by molar-refractivity contribution is 5.94. The van der Waals surface area contributed by atoms with Gasteiger partial charge in [0.15, 0.2) is 5.65 Å². The SMILES string of the molecule is CCN(CC)CCNC(=O)c1cncc(C#Cc2cnc3ccc(N4C[C@@H](C)N(C)[C@@H](C)C4)nn23)c1. The molecule has 1 aliphatic heterocycles. The Morgan fingerprint density at radius 1 is 1.11 bits per heavy atom. The van der Waals surface area contributed by atoms with E-state index in [9.17, 15) is 4.79 Å². The van der Waals surface area contributed by atoms with Crippen LogP contribution in [0.4, 0.5) is 5.82 Å².